The summed E-state index contributed by atoms with van der Waals surface area (Å²) in [7, 11) is 3.96. The molecule has 158 valence electrons. The van der Waals surface area contributed by atoms with Gasteiger partial charge in [0.1, 0.15) is 0 Å². The van der Waals surface area contributed by atoms with Crippen LogP contribution in [-0.4, -0.2) is 90.5 Å². The average Bonchev–Trinajstić information content (AvgIpc) is 2.64. The van der Waals surface area contributed by atoms with E-state index in [4.69, 9.17) is 18.9 Å². The summed E-state index contributed by atoms with van der Waals surface area (Å²) in [5.74, 6) is -1.10. The fourth-order valence-corrected chi connectivity index (χ4v) is 1.92. The highest BCUT2D eigenvalue weighted by Gasteiger charge is 2.13. The maximum atomic E-state index is 10.0. The quantitative estimate of drug-likeness (QED) is 0.278. The van der Waals surface area contributed by atoms with Crippen LogP contribution in [0, 0.1) is 0 Å². The number of quaternary nitrogens is 1. The lowest BCUT2D eigenvalue weighted by atomic mass is 10.3. The number of carboxylic acids is 1. The Bertz CT molecular complexity index is 298. The molecule has 0 amide bonds. The number of ether oxygens (including phenoxy) is 4. The van der Waals surface area contributed by atoms with Crippen molar-refractivity contribution in [1.82, 2.24) is 0 Å². The van der Waals surface area contributed by atoms with Crippen LogP contribution in [0.3, 0.4) is 0 Å². The van der Waals surface area contributed by atoms with E-state index in [9.17, 15) is 9.90 Å². The van der Waals surface area contributed by atoms with E-state index in [1.165, 1.54) is 37.0 Å². The molecule has 7 heteroatoms. The van der Waals surface area contributed by atoms with Gasteiger partial charge < -0.3 is 33.3 Å². The van der Waals surface area contributed by atoms with E-state index in [-0.39, 0.29) is 13.0 Å². The zero-order valence-corrected chi connectivity index (χ0v) is 17.6. The van der Waals surface area contributed by atoms with Crippen molar-refractivity contribution in [3.05, 3.63) is 0 Å². The van der Waals surface area contributed by atoms with E-state index in [0.717, 1.165) is 0 Å². The Morgan fingerprint density at radius 2 is 1.31 bits per heavy atom. The predicted molar refractivity (Wildman–Crippen MR) is 101 cm³/mol. The number of carbonyl (C=O) groups is 1. The first-order valence-corrected chi connectivity index (χ1v) is 9.71. The summed E-state index contributed by atoms with van der Waals surface area (Å²) in [6, 6.07) is 0. The van der Waals surface area contributed by atoms with Gasteiger partial charge in [0.2, 0.25) is 0 Å². The molecule has 0 unspecified atom stereocenters. The monoisotopic (exact) mass is 379 g/mol. The maximum Gasteiger partial charge on any atom is 0.0784 e. The van der Waals surface area contributed by atoms with Gasteiger partial charge in [-0.1, -0.05) is 13.3 Å². The van der Waals surface area contributed by atoms with Gasteiger partial charge >= 0.3 is 0 Å². The molecule has 0 aliphatic rings. The topological polar surface area (TPSA) is 77.0 Å². The van der Waals surface area contributed by atoms with Crippen molar-refractivity contribution in [3.8, 4) is 0 Å². The van der Waals surface area contributed by atoms with Crippen molar-refractivity contribution >= 4 is 5.97 Å². The molecule has 0 saturated carbocycles. The van der Waals surface area contributed by atoms with Crippen molar-refractivity contribution < 1.29 is 33.3 Å². The van der Waals surface area contributed by atoms with E-state index in [0.29, 0.717) is 39.6 Å². The number of nitrogens with zero attached hydrogens (tertiary/aromatic N) is 1. The second kappa shape index (κ2) is 20.6. The predicted octanol–water partition coefficient (Wildman–Crippen LogP) is 1.10. The Labute approximate surface area is 160 Å². The molecule has 0 spiro atoms. The average molecular weight is 380 g/mol. The minimum absolute atomic E-state index is 0.0832. The SMILES string of the molecule is CCCC[N+](C)(CC)CC.COCCOCCOCCOCCC(=O)[O-]. The van der Waals surface area contributed by atoms with Gasteiger partial charge in [-0.25, -0.2) is 0 Å². The Hall–Kier alpha value is -0.730. The Kier molecular flexibility index (Phi) is 21.8. The van der Waals surface area contributed by atoms with Crippen molar-refractivity contribution in [2.24, 2.45) is 0 Å². The molecule has 0 bridgehead atoms. The van der Waals surface area contributed by atoms with E-state index in [1.54, 1.807) is 7.11 Å². The molecule has 0 aromatic carbocycles. The summed E-state index contributed by atoms with van der Waals surface area (Å²) in [5.41, 5.74) is 0. The number of hydrogen-bond donors (Lipinski definition) is 0. The molecule has 0 aromatic heterocycles. The highest BCUT2D eigenvalue weighted by atomic mass is 16.6. The van der Waals surface area contributed by atoms with Gasteiger partial charge in [0.05, 0.1) is 72.9 Å². The van der Waals surface area contributed by atoms with Crippen LogP contribution in [0.1, 0.15) is 40.0 Å². The summed E-state index contributed by atoms with van der Waals surface area (Å²) in [6.07, 6.45) is 2.62. The van der Waals surface area contributed by atoms with Crippen molar-refractivity contribution in [1.29, 1.82) is 0 Å². The van der Waals surface area contributed by atoms with Gasteiger partial charge in [-0.3, -0.25) is 0 Å². The van der Waals surface area contributed by atoms with Crippen LogP contribution < -0.4 is 5.11 Å². The molecule has 0 saturated heterocycles. The molecule has 0 fully saturated rings. The normalized spacial score (nSPS) is 11.1. The second-order valence-electron chi connectivity index (χ2n) is 6.28. The summed E-state index contributed by atoms with van der Waals surface area (Å²) < 4.78 is 21.3. The van der Waals surface area contributed by atoms with E-state index < -0.39 is 5.97 Å². The molecule has 0 aliphatic heterocycles. The van der Waals surface area contributed by atoms with Crippen molar-refractivity contribution in [2.45, 2.75) is 40.0 Å². The number of aliphatic carboxylic acids is 1. The zero-order valence-electron chi connectivity index (χ0n) is 17.6. The number of hydrogen-bond acceptors (Lipinski definition) is 6. The summed E-state index contributed by atoms with van der Waals surface area (Å²) in [5, 5.41) is 10.0. The Balaban J connectivity index is 0. The van der Waals surface area contributed by atoms with Crippen LogP contribution >= 0.6 is 0 Å². The number of methoxy groups -OCH3 is 1. The molecule has 0 heterocycles. The summed E-state index contributed by atoms with van der Waals surface area (Å²) >= 11 is 0. The lowest BCUT2D eigenvalue weighted by Crippen LogP contribution is -2.44. The Morgan fingerprint density at radius 1 is 0.846 bits per heavy atom. The first-order valence-electron chi connectivity index (χ1n) is 9.71. The standard InChI is InChI=1S/C10H20O6.C9H22N/c1-13-4-5-15-8-9-16-7-6-14-3-2-10(11)12;1-5-8-9-10(4,6-2)7-3/h2-9H2,1H3,(H,11,12);5-9H2,1-4H3/q;+1/p-1. The van der Waals surface area contributed by atoms with E-state index in [1.807, 2.05) is 0 Å². The molecular weight excluding hydrogens is 338 g/mol. The van der Waals surface area contributed by atoms with Gasteiger partial charge in [0.25, 0.3) is 0 Å². The van der Waals surface area contributed by atoms with Gasteiger partial charge in [-0.15, -0.1) is 0 Å². The van der Waals surface area contributed by atoms with Gasteiger partial charge in [0, 0.05) is 19.5 Å². The lowest BCUT2D eigenvalue weighted by molar-refractivity contribution is -0.906. The summed E-state index contributed by atoms with van der Waals surface area (Å²) in [6.45, 7) is 13.8. The Morgan fingerprint density at radius 3 is 1.69 bits per heavy atom. The van der Waals surface area contributed by atoms with Gasteiger partial charge in [0.15, 0.2) is 0 Å². The largest absolute Gasteiger partial charge is 0.550 e. The van der Waals surface area contributed by atoms with Crippen LogP contribution in [0.25, 0.3) is 0 Å². The van der Waals surface area contributed by atoms with Crippen molar-refractivity contribution in [3.63, 3.8) is 0 Å². The fourth-order valence-electron chi connectivity index (χ4n) is 1.92. The third-order valence-corrected chi connectivity index (χ3v) is 4.20. The number of carboxylic acid groups (broad SMARTS) is 1. The van der Waals surface area contributed by atoms with Crippen LogP contribution in [-0.2, 0) is 23.7 Å². The minimum Gasteiger partial charge on any atom is -0.550 e. The number of rotatable bonds is 17. The highest BCUT2D eigenvalue weighted by molar-refractivity contribution is 5.64. The highest BCUT2D eigenvalue weighted by Crippen LogP contribution is 2.03. The molecule has 0 radical (unpaired) electrons. The molecule has 7 nitrogen and oxygen atoms in total. The lowest BCUT2D eigenvalue weighted by Gasteiger charge is -2.31. The molecule has 0 aliphatic carbocycles. The van der Waals surface area contributed by atoms with Crippen molar-refractivity contribution in [2.75, 3.05) is 80.0 Å². The zero-order chi connectivity index (χ0) is 20.1. The smallest absolute Gasteiger partial charge is 0.0784 e. The van der Waals surface area contributed by atoms with Gasteiger partial charge in [-0.2, -0.15) is 0 Å². The maximum absolute atomic E-state index is 10.0. The first kappa shape index (κ1) is 27.5. The number of carbonyl (C=O) groups excluding carboxylic acids is 1. The minimum atomic E-state index is -1.10. The van der Waals surface area contributed by atoms with E-state index in [2.05, 4.69) is 27.8 Å². The first-order chi connectivity index (χ1) is 12.5. The van der Waals surface area contributed by atoms with E-state index >= 15 is 0 Å². The number of unbranched alkanes of at least 4 members (excludes halogenated alkanes) is 1. The third kappa shape index (κ3) is 21.3. The van der Waals surface area contributed by atoms with Gasteiger partial charge in [-0.05, 0) is 20.3 Å². The van der Waals surface area contributed by atoms with Crippen LogP contribution in [0.2, 0.25) is 0 Å². The molecule has 0 atom stereocenters. The molecule has 0 N–H and O–H groups in total. The molecule has 26 heavy (non-hydrogen) atoms. The fraction of sp³-hybridized carbons (Fsp3) is 0.947. The third-order valence-electron chi connectivity index (χ3n) is 4.20. The molecule has 0 rings (SSSR count). The molecule has 0 aromatic rings. The van der Waals surface area contributed by atoms with Crippen LogP contribution in [0.15, 0.2) is 0 Å². The van der Waals surface area contributed by atoms with Crippen LogP contribution in [0.5, 0.6) is 0 Å². The van der Waals surface area contributed by atoms with Crippen LogP contribution in [0.4, 0.5) is 0 Å². The summed E-state index contributed by atoms with van der Waals surface area (Å²) in [4.78, 5) is 10.0. The second-order valence-corrected chi connectivity index (χ2v) is 6.28. The molecular formula is C19H41NO6.